The lowest BCUT2D eigenvalue weighted by Crippen LogP contribution is -2.03. The zero-order valence-electron chi connectivity index (χ0n) is 7.90. The van der Waals surface area contributed by atoms with Crippen molar-refractivity contribution in [3.63, 3.8) is 0 Å². The highest BCUT2D eigenvalue weighted by Gasteiger charge is 2.00. The van der Waals surface area contributed by atoms with Crippen LogP contribution in [0.1, 0.15) is 5.69 Å². The van der Waals surface area contributed by atoms with Crippen molar-refractivity contribution in [1.29, 1.82) is 5.41 Å². The summed E-state index contributed by atoms with van der Waals surface area (Å²) in [6.45, 7) is 0. The molecule has 1 N–H and O–H groups in total. The van der Waals surface area contributed by atoms with Gasteiger partial charge in [-0.2, -0.15) is 0 Å². The highest BCUT2D eigenvalue weighted by molar-refractivity contribution is 9.10. The Hall–Kier alpha value is -1.30. The van der Waals surface area contributed by atoms with E-state index in [9.17, 15) is 0 Å². The predicted octanol–water partition coefficient (Wildman–Crippen LogP) is 2.10. The first kappa shape index (κ1) is 10.8. The second-order valence-electron chi connectivity index (χ2n) is 2.75. The molecule has 0 aliphatic heterocycles. The Kier molecular flexibility index (Phi) is 3.70. The predicted molar refractivity (Wildman–Crippen MR) is 57.3 cm³/mol. The average Bonchev–Trinajstić information content (AvgIpc) is 2.15. The Morgan fingerprint density at radius 3 is 2.71 bits per heavy atom. The monoisotopic (exact) mass is 255 g/mol. The van der Waals surface area contributed by atoms with E-state index in [0.29, 0.717) is 5.69 Å². The summed E-state index contributed by atoms with van der Waals surface area (Å²) in [5.41, 5.74) is 0.499. The maximum atomic E-state index is 7.53. The Bertz CT molecular complexity index is 343. The molecule has 0 aromatic carbocycles. The van der Waals surface area contributed by atoms with Crippen molar-refractivity contribution in [2.75, 3.05) is 14.1 Å². The van der Waals surface area contributed by atoms with Crippen LogP contribution in [-0.2, 0) is 0 Å². The lowest BCUT2D eigenvalue weighted by atomic mass is 10.3. The van der Waals surface area contributed by atoms with Crippen LogP contribution >= 0.6 is 15.9 Å². The van der Waals surface area contributed by atoms with Gasteiger partial charge >= 0.3 is 0 Å². The minimum absolute atomic E-state index is 0.0474. The number of nitrogens with zero attached hydrogens (tertiary/aromatic N) is 4. The first-order valence-corrected chi connectivity index (χ1v) is 4.68. The van der Waals surface area contributed by atoms with E-state index in [2.05, 4.69) is 31.3 Å². The second-order valence-corrected chi connectivity index (χ2v) is 3.66. The number of pyridine rings is 1. The SMILES string of the molecule is CN(C)N=NC(=N)c1ccc(Br)cn1. The second kappa shape index (κ2) is 4.80. The molecule has 0 amide bonds. The van der Waals surface area contributed by atoms with Gasteiger partial charge in [0.15, 0.2) is 5.84 Å². The topological polar surface area (TPSA) is 64.7 Å². The molecule has 74 valence electrons. The van der Waals surface area contributed by atoms with Gasteiger partial charge in [-0.25, -0.2) is 0 Å². The van der Waals surface area contributed by atoms with Gasteiger partial charge in [0.25, 0.3) is 0 Å². The summed E-state index contributed by atoms with van der Waals surface area (Å²) < 4.78 is 0.874. The molecular formula is C8H10BrN5. The van der Waals surface area contributed by atoms with Gasteiger partial charge in [-0.3, -0.25) is 15.4 Å². The summed E-state index contributed by atoms with van der Waals surface area (Å²) in [7, 11) is 3.48. The zero-order chi connectivity index (χ0) is 10.6. The lowest BCUT2D eigenvalue weighted by molar-refractivity contribution is 0.410. The minimum atomic E-state index is 0.0474. The molecule has 0 saturated heterocycles. The zero-order valence-corrected chi connectivity index (χ0v) is 9.48. The van der Waals surface area contributed by atoms with Gasteiger partial charge in [-0.1, -0.05) is 5.22 Å². The number of hydrogen-bond acceptors (Lipinski definition) is 3. The molecule has 14 heavy (non-hydrogen) atoms. The Morgan fingerprint density at radius 2 is 2.21 bits per heavy atom. The molecule has 1 rings (SSSR count). The van der Waals surface area contributed by atoms with E-state index in [1.54, 1.807) is 26.4 Å². The molecule has 5 nitrogen and oxygen atoms in total. The van der Waals surface area contributed by atoms with Gasteiger partial charge in [0.2, 0.25) is 0 Å². The van der Waals surface area contributed by atoms with Crippen LogP contribution < -0.4 is 0 Å². The smallest absolute Gasteiger partial charge is 0.194 e. The lowest BCUT2D eigenvalue weighted by Gasteiger charge is -2.00. The van der Waals surface area contributed by atoms with E-state index in [1.807, 2.05) is 6.07 Å². The molecule has 1 heterocycles. The third-order valence-electron chi connectivity index (χ3n) is 1.29. The number of rotatable bonds is 2. The van der Waals surface area contributed by atoms with E-state index >= 15 is 0 Å². The van der Waals surface area contributed by atoms with Crippen LogP contribution in [0.3, 0.4) is 0 Å². The number of nitrogens with one attached hydrogen (secondary N) is 1. The van der Waals surface area contributed by atoms with Gasteiger partial charge in [0.05, 0.1) is 0 Å². The molecule has 0 radical (unpaired) electrons. The largest absolute Gasteiger partial charge is 0.285 e. The maximum absolute atomic E-state index is 7.53. The van der Waals surface area contributed by atoms with Crippen molar-refractivity contribution in [2.45, 2.75) is 0 Å². The summed E-state index contributed by atoms with van der Waals surface area (Å²) in [5, 5.41) is 16.4. The van der Waals surface area contributed by atoms with E-state index in [0.717, 1.165) is 4.47 Å². The summed E-state index contributed by atoms with van der Waals surface area (Å²) in [6, 6.07) is 3.52. The summed E-state index contributed by atoms with van der Waals surface area (Å²) in [4.78, 5) is 4.01. The molecule has 0 bridgehead atoms. The Balaban J connectivity index is 2.75. The summed E-state index contributed by atoms with van der Waals surface area (Å²) in [6.07, 6.45) is 1.62. The van der Waals surface area contributed by atoms with Crippen LogP contribution in [-0.4, -0.2) is 29.9 Å². The fourth-order valence-electron chi connectivity index (χ4n) is 0.701. The van der Waals surface area contributed by atoms with Crippen molar-refractivity contribution in [3.05, 3.63) is 28.5 Å². The number of hydrogen-bond donors (Lipinski definition) is 1. The molecule has 0 aliphatic rings. The van der Waals surface area contributed by atoms with Crippen molar-refractivity contribution >= 4 is 21.8 Å². The highest BCUT2D eigenvalue weighted by atomic mass is 79.9. The fraction of sp³-hybridized carbons (Fsp3) is 0.250. The van der Waals surface area contributed by atoms with Gasteiger partial charge in [-0.05, 0) is 28.1 Å². The normalized spacial score (nSPS) is 10.5. The first-order valence-electron chi connectivity index (χ1n) is 3.89. The first-order chi connectivity index (χ1) is 6.59. The molecule has 1 aromatic rings. The molecule has 6 heteroatoms. The quantitative estimate of drug-likeness (QED) is 0.381. The van der Waals surface area contributed by atoms with E-state index in [1.165, 1.54) is 5.01 Å². The van der Waals surface area contributed by atoms with Gasteiger partial charge in [-0.15, -0.1) is 5.11 Å². The highest BCUT2D eigenvalue weighted by Crippen LogP contribution is 2.08. The Morgan fingerprint density at radius 1 is 1.50 bits per heavy atom. The number of halogens is 1. The molecule has 0 spiro atoms. The fourth-order valence-corrected chi connectivity index (χ4v) is 0.936. The van der Waals surface area contributed by atoms with Crippen LogP contribution in [0.5, 0.6) is 0 Å². The Labute approximate surface area is 90.5 Å². The molecule has 0 aliphatic carbocycles. The van der Waals surface area contributed by atoms with E-state index in [4.69, 9.17) is 5.41 Å². The summed E-state index contributed by atoms with van der Waals surface area (Å²) >= 11 is 3.26. The number of amidine groups is 1. The maximum Gasteiger partial charge on any atom is 0.194 e. The third-order valence-corrected chi connectivity index (χ3v) is 1.76. The van der Waals surface area contributed by atoms with E-state index < -0.39 is 0 Å². The van der Waals surface area contributed by atoms with Crippen LogP contribution in [0.2, 0.25) is 0 Å². The minimum Gasteiger partial charge on any atom is -0.285 e. The molecule has 0 fully saturated rings. The standard InChI is InChI=1S/C8H10BrN5/c1-14(2)13-12-8(10)7-4-3-6(9)5-11-7/h3-5,10H,1-2H3. The van der Waals surface area contributed by atoms with Crippen LogP contribution in [0.4, 0.5) is 0 Å². The van der Waals surface area contributed by atoms with Gasteiger partial charge in [0.1, 0.15) is 5.69 Å². The van der Waals surface area contributed by atoms with Crippen LogP contribution in [0.25, 0.3) is 0 Å². The summed E-state index contributed by atoms with van der Waals surface area (Å²) in [5.74, 6) is 0.0474. The van der Waals surface area contributed by atoms with Gasteiger partial charge < -0.3 is 0 Å². The molecular weight excluding hydrogens is 246 g/mol. The molecule has 0 saturated carbocycles. The van der Waals surface area contributed by atoms with Crippen LogP contribution in [0, 0.1) is 5.41 Å². The van der Waals surface area contributed by atoms with Crippen LogP contribution in [0.15, 0.2) is 33.1 Å². The molecule has 0 atom stereocenters. The average molecular weight is 256 g/mol. The molecule has 0 unspecified atom stereocenters. The van der Waals surface area contributed by atoms with Crippen molar-refractivity contribution in [2.24, 2.45) is 10.3 Å². The van der Waals surface area contributed by atoms with Crippen molar-refractivity contribution in [1.82, 2.24) is 9.99 Å². The number of aromatic nitrogens is 1. The molecule has 1 aromatic heterocycles. The third kappa shape index (κ3) is 3.21. The van der Waals surface area contributed by atoms with E-state index in [-0.39, 0.29) is 5.84 Å². The van der Waals surface area contributed by atoms with Gasteiger partial charge in [0, 0.05) is 24.8 Å². The van der Waals surface area contributed by atoms with Crippen molar-refractivity contribution < 1.29 is 0 Å². The van der Waals surface area contributed by atoms with Crippen molar-refractivity contribution in [3.8, 4) is 0 Å².